The predicted octanol–water partition coefficient (Wildman–Crippen LogP) is 1.32. The maximum absolute atomic E-state index is 12.2. The number of sulfonamides is 1. The number of hydrogen-bond donors (Lipinski definition) is 2. The number of benzene rings is 1. The normalized spacial score (nSPS) is 16.0. The van der Waals surface area contributed by atoms with E-state index in [1.54, 1.807) is 11.0 Å². The molecule has 6 nitrogen and oxygen atoms in total. The van der Waals surface area contributed by atoms with Crippen LogP contribution in [-0.2, 0) is 14.8 Å². The SMILES string of the molecule is Nc1cc(Br)ccc1S(=O)(=O)NCC(=O)N1CCCCC1. The van der Waals surface area contributed by atoms with Crippen molar-refractivity contribution < 1.29 is 13.2 Å². The quantitative estimate of drug-likeness (QED) is 0.776. The molecule has 1 amide bonds. The van der Waals surface area contributed by atoms with Gasteiger partial charge >= 0.3 is 0 Å². The third-order valence-electron chi connectivity index (χ3n) is 3.38. The summed E-state index contributed by atoms with van der Waals surface area (Å²) in [7, 11) is -3.78. The van der Waals surface area contributed by atoms with Crippen LogP contribution in [0.2, 0.25) is 0 Å². The monoisotopic (exact) mass is 375 g/mol. The van der Waals surface area contributed by atoms with Crippen LogP contribution in [0.4, 0.5) is 5.69 Å². The Morgan fingerprint density at radius 1 is 1.29 bits per heavy atom. The Morgan fingerprint density at radius 3 is 2.57 bits per heavy atom. The molecule has 2 rings (SSSR count). The first-order valence-electron chi connectivity index (χ1n) is 6.72. The Balaban J connectivity index is 2.02. The molecule has 0 aromatic heterocycles. The molecule has 1 aromatic carbocycles. The molecule has 0 spiro atoms. The maximum Gasteiger partial charge on any atom is 0.243 e. The minimum absolute atomic E-state index is 0.0165. The van der Waals surface area contributed by atoms with Gasteiger partial charge in [-0.1, -0.05) is 15.9 Å². The van der Waals surface area contributed by atoms with Gasteiger partial charge in [-0.2, -0.15) is 0 Å². The number of carbonyl (C=O) groups is 1. The highest BCUT2D eigenvalue weighted by Gasteiger charge is 2.21. The molecular weight excluding hydrogens is 358 g/mol. The van der Waals surface area contributed by atoms with Crippen LogP contribution in [0.15, 0.2) is 27.6 Å². The van der Waals surface area contributed by atoms with E-state index >= 15 is 0 Å². The minimum atomic E-state index is -3.78. The first-order chi connectivity index (χ1) is 9.90. The fraction of sp³-hybridized carbons (Fsp3) is 0.462. The van der Waals surface area contributed by atoms with Crippen LogP contribution in [0.1, 0.15) is 19.3 Å². The second kappa shape index (κ2) is 6.76. The Labute approximate surface area is 132 Å². The summed E-state index contributed by atoms with van der Waals surface area (Å²) in [5, 5.41) is 0. The van der Waals surface area contributed by atoms with E-state index in [9.17, 15) is 13.2 Å². The number of hydrogen-bond acceptors (Lipinski definition) is 4. The molecule has 1 aliphatic rings. The minimum Gasteiger partial charge on any atom is -0.398 e. The first-order valence-corrected chi connectivity index (χ1v) is 9.00. The Bertz CT molecular complexity index is 628. The zero-order chi connectivity index (χ0) is 15.5. The van der Waals surface area contributed by atoms with Gasteiger partial charge in [0.1, 0.15) is 4.90 Å². The molecule has 3 N–H and O–H groups in total. The number of halogens is 1. The van der Waals surface area contributed by atoms with Gasteiger partial charge < -0.3 is 10.6 Å². The molecule has 116 valence electrons. The lowest BCUT2D eigenvalue weighted by Gasteiger charge is -2.26. The number of nitrogens with two attached hydrogens (primary N) is 1. The fourth-order valence-electron chi connectivity index (χ4n) is 2.25. The van der Waals surface area contributed by atoms with Gasteiger partial charge in [0.2, 0.25) is 15.9 Å². The Kier molecular flexibility index (Phi) is 5.23. The van der Waals surface area contributed by atoms with Gasteiger partial charge in [-0.25, -0.2) is 13.1 Å². The van der Waals surface area contributed by atoms with E-state index < -0.39 is 10.0 Å². The summed E-state index contributed by atoms with van der Waals surface area (Å²) >= 11 is 3.22. The molecule has 1 aliphatic heterocycles. The molecule has 8 heteroatoms. The van der Waals surface area contributed by atoms with Crippen molar-refractivity contribution in [1.82, 2.24) is 9.62 Å². The van der Waals surface area contributed by atoms with E-state index in [-0.39, 0.29) is 23.0 Å². The number of piperidine rings is 1. The summed E-state index contributed by atoms with van der Waals surface area (Å²) < 4.78 is 27.4. The van der Waals surface area contributed by atoms with Crippen molar-refractivity contribution in [2.75, 3.05) is 25.4 Å². The van der Waals surface area contributed by atoms with Gasteiger partial charge in [-0.05, 0) is 37.5 Å². The van der Waals surface area contributed by atoms with Crippen LogP contribution >= 0.6 is 15.9 Å². The molecule has 0 atom stereocenters. The molecule has 0 unspecified atom stereocenters. The van der Waals surface area contributed by atoms with Gasteiger partial charge in [-0.3, -0.25) is 4.79 Å². The Hall–Kier alpha value is -1.12. The number of nitrogen functional groups attached to an aromatic ring is 1. The van der Waals surface area contributed by atoms with Crippen LogP contribution in [0.3, 0.4) is 0 Å². The van der Waals surface area contributed by atoms with E-state index in [1.165, 1.54) is 12.1 Å². The van der Waals surface area contributed by atoms with Gasteiger partial charge in [0.05, 0.1) is 12.2 Å². The number of nitrogens with zero attached hydrogens (tertiary/aromatic N) is 1. The second-order valence-corrected chi connectivity index (χ2v) is 7.60. The summed E-state index contributed by atoms with van der Waals surface area (Å²) in [4.78, 5) is 13.7. The van der Waals surface area contributed by atoms with Gasteiger partial charge in [0, 0.05) is 17.6 Å². The van der Waals surface area contributed by atoms with Crippen molar-refractivity contribution in [3.63, 3.8) is 0 Å². The number of nitrogens with one attached hydrogen (secondary N) is 1. The van der Waals surface area contributed by atoms with Crippen molar-refractivity contribution in [1.29, 1.82) is 0 Å². The van der Waals surface area contributed by atoms with E-state index in [4.69, 9.17) is 5.73 Å². The third kappa shape index (κ3) is 4.18. The van der Waals surface area contributed by atoms with Crippen molar-refractivity contribution in [2.24, 2.45) is 0 Å². The number of rotatable bonds is 4. The molecule has 0 aliphatic carbocycles. The average Bonchev–Trinajstić information content (AvgIpc) is 2.45. The van der Waals surface area contributed by atoms with E-state index in [2.05, 4.69) is 20.7 Å². The highest BCUT2D eigenvalue weighted by Crippen LogP contribution is 2.22. The summed E-state index contributed by atoms with van der Waals surface area (Å²) in [6.07, 6.45) is 3.06. The topological polar surface area (TPSA) is 92.5 Å². The number of anilines is 1. The molecule has 0 saturated carbocycles. The highest BCUT2D eigenvalue weighted by atomic mass is 79.9. The first kappa shape index (κ1) is 16.3. The summed E-state index contributed by atoms with van der Waals surface area (Å²) in [5.41, 5.74) is 5.85. The van der Waals surface area contributed by atoms with Crippen LogP contribution < -0.4 is 10.5 Å². The second-order valence-electron chi connectivity index (χ2n) is 4.95. The van der Waals surface area contributed by atoms with Crippen molar-refractivity contribution >= 4 is 37.5 Å². The van der Waals surface area contributed by atoms with Crippen LogP contribution in [0.25, 0.3) is 0 Å². The molecule has 1 aromatic rings. The lowest BCUT2D eigenvalue weighted by Crippen LogP contribution is -2.42. The largest absolute Gasteiger partial charge is 0.398 e. The molecule has 21 heavy (non-hydrogen) atoms. The zero-order valence-corrected chi connectivity index (χ0v) is 13.9. The summed E-state index contributed by atoms with van der Waals surface area (Å²) in [5.74, 6) is -0.200. The lowest BCUT2D eigenvalue weighted by atomic mass is 10.1. The number of carbonyl (C=O) groups excluding carboxylic acids is 1. The van der Waals surface area contributed by atoms with E-state index in [1.807, 2.05) is 0 Å². The summed E-state index contributed by atoms with van der Waals surface area (Å²) in [6, 6.07) is 4.52. The molecule has 0 radical (unpaired) electrons. The van der Waals surface area contributed by atoms with Gasteiger partial charge in [0.15, 0.2) is 0 Å². The smallest absolute Gasteiger partial charge is 0.243 e. The molecular formula is C13H18BrN3O3S. The number of amides is 1. The molecule has 0 bridgehead atoms. The third-order valence-corrected chi connectivity index (χ3v) is 5.35. The highest BCUT2D eigenvalue weighted by molar-refractivity contribution is 9.10. The number of likely N-dealkylation sites (tertiary alicyclic amines) is 1. The Morgan fingerprint density at radius 2 is 1.95 bits per heavy atom. The van der Waals surface area contributed by atoms with Crippen molar-refractivity contribution in [2.45, 2.75) is 24.2 Å². The maximum atomic E-state index is 12.2. The van der Waals surface area contributed by atoms with Crippen LogP contribution in [-0.4, -0.2) is 38.9 Å². The van der Waals surface area contributed by atoms with Gasteiger partial charge in [-0.15, -0.1) is 0 Å². The predicted molar refractivity (Wildman–Crippen MR) is 84.2 cm³/mol. The van der Waals surface area contributed by atoms with Gasteiger partial charge in [0.25, 0.3) is 0 Å². The fourth-order valence-corrected chi connectivity index (χ4v) is 3.72. The zero-order valence-electron chi connectivity index (χ0n) is 11.5. The average molecular weight is 376 g/mol. The lowest BCUT2D eigenvalue weighted by molar-refractivity contribution is -0.130. The van der Waals surface area contributed by atoms with Crippen molar-refractivity contribution in [3.8, 4) is 0 Å². The molecule has 1 heterocycles. The summed E-state index contributed by atoms with van der Waals surface area (Å²) in [6.45, 7) is 1.15. The molecule has 1 saturated heterocycles. The van der Waals surface area contributed by atoms with Crippen LogP contribution in [0.5, 0.6) is 0 Å². The van der Waals surface area contributed by atoms with E-state index in [0.717, 1.165) is 19.3 Å². The standard InChI is InChI=1S/C13H18BrN3O3S/c14-10-4-5-12(11(15)8-10)21(19,20)16-9-13(18)17-6-2-1-3-7-17/h4-5,8,16H,1-3,6-7,9,15H2. The molecule has 1 fully saturated rings. The van der Waals surface area contributed by atoms with Crippen LogP contribution in [0, 0.1) is 0 Å². The van der Waals surface area contributed by atoms with Crippen molar-refractivity contribution in [3.05, 3.63) is 22.7 Å². The van der Waals surface area contributed by atoms with E-state index in [0.29, 0.717) is 17.6 Å².